The van der Waals surface area contributed by atoms with Gasteiger partial charge in [-0.25, -0.2) is 0 Å². The van der Waals surface area contributed by atoms with Gasteiger partial charge in [0, 0.05) is 18.8 Å². The van der Waals surface area contributed by atoms with Gasteiger partial charge in [0.25, 0.3) is 0 Å². The van der Waals surface area contributed by atoms with Crippen molar-refractivity contribution in [3.05, 3.63) is 22.8 Å². The molecule has 0 aliphatic rings. The Hall–Kier alpha value is -2.19. The molecule has 0 amide bonds. The van der Waals surface area contributed by atoms with E-state index in [1.807, 2.05) is 6.92 Å². The van der Waals surface area contributed by atoms with E-state index in [0.29, 0.717) is 45.2 Å². The fourth-order valence-electron chi connectivity index (χ4n) is 2.04. The Labute approximate surface area is 122 Å². The van der Waals surface area contributed by atoms with Crippen molar-refractivity contribution in [3.63, 3.8) is 0 Å². The number of benzene rings is 1. The van der Waals surface area contributed by atoms with Crippen molar-refractivity contribution in [1.82, 2.24) is 4.98 Å². The van der Waals surface area contributed by atoms with E-state index in [-0.39, 0.29) is 0 Å². The zero-order chi connectivity index (χ0) is 14.7. The molecule has 1 heterocycles. The third-order valence-electron chi connectivity index (χ3n) is 2.92. The van der Waals surface area contributed by atoms with Gasteiger partial charge in [0.15, 0.2) is 0 Å². The van der Waals surface area contributed by atoms with Crippen LogP contribution in [0.5, 0.6) is 11.5 Å². The molecule has 2 aromatic rings. The van der Waals surface area contributed by atoms with Crippen molar-refractivity contribution >= 4 is 28.2 Å². The minimum Gasteiger partial charge on any atom is -0.495 e. The summed E-state index contributed by atoms with van der Waals surface area (Å²) in [6.45, 7) is 2.60. The predicted octanol–water partition coefficient (Wildman–Crippen LogP) is 3.21. The summed E-state index contributed by atoms with van der Waals surface area (Å²) in [6.07, 6.45) is 1.51. The number of hydrogen-bond acceptors (Lipinski definition) is 5. The molecule has 5 nitrogen and oxygen atoms in total. The Morgan fingerprint density at radius 1 is 1.35 bits per heavy atom. The highest BCUT2D eigenvalue weighted by Crippen LogP contribution is 2.42. The van der Waals surface area contributed by atoms with Crippen LogP contribution in [0.2, 0.25) is 5.02 Å². The van der Waals surface area contributed by atoms with Gasteiger partial charge in [0.1, 0.15) is 23.1 Å². The van der Waals surface area contributed by atoms with Crippen LogP contribution in [0.3, 0.4) is 0 Å². The molecule has 0 fully saturated rings. The van der Waals surface area contributed by atoms with Crippen LogP contribution in [0.1, 0.15) is 12.5 Å². The smallest absolute Gasteiger partial charge is 0.148 e. The molecule has 1 aromatic carbocycles. The normalized spacial score (nSPS) is 10.2. The van der Waals surface area contributed by atoms with Crippen LogP contribution in [0, 0.1) is 11.3 Å². The third-order valence-corrected chi connectivity index (χ3v) is 3.30. The molecule has 0 aliphatic carbocycles. The van der Waals surface area contributed by atoms with Crippen LogP contribution >= 0.6 is 11.6 Å². The maximum Gasteiger partial charge on any atom is 0.148 e. The van der Waals surface area contributed by atoms with E-state index in [2.05, 4.69) is 16.4 Å². The van der Waals surface area contributed by atoms with Gasteiger partial charge in [-0.15, -0.1) is 0 Å². The Bertz CT molecular complexity index is 695. The minimum absolute atomic E-state index is 0.406. The highest BCUT2D eigenvalue weighted by atomic mass is 35.5. The summed E-state index contributed by atoms with van der Waals surface area (Å²) in [5, 5.41) is 13.4. The largest absolute Gasteiger partial charge is 0.495 e. The van der Waals surface area contributed by atoms with Crippen LogP contribution in [0.4, 0.5) is 5.69 Å². The number of rotatable bonds is 4. The topological polar surface area (TPSA) is 67.2 Å². The Kier molecular flexibility index (Phi) is 4.16. The lowest BCUT2D eigenvalue weighted by Crippen LogP contribution is -2.03. The number of pyridine rings is 1. The average Bonchev–Trinajstić information content (AvgIpc) is 2.48. The average molecular weight is 292 g/mol. The van der Waals surface area contributed by atoms with Crippen molar-refractivity contribution in [3.8, 4) is 17.6 Å². The van der Waals surface area contributed by atoms with E-state index in [4.69, 9.17) is 21.1 Å². The lowest BCUT2D eigenvalue weighted by molar-refractivity contribution is 0.397. The number of nitrogens with one attached hydrogen (secondary N) is 1. The van der Waals surface area contributed by atoms with Gasteiger partial charge in [-0.3, -0.25) is 4.98 Å². The molecule has 2 rings (SSSR count). The summed E-state index contributed by atoms with van der Waals surface area (Å²) in [6, 6.07) is 3.79. The summed E-state index contributed by atoms with van der Waals surface area (Å²) in [7, 11) is 3.08. The molecule has 104 valence electrons. The summed E-state index contributed by atoms with van der Waals surface area (Å²) >= 11 is 6.37. The molecule has 1 N–H and O–H groups in total. The van der Waals surface area contributed by atoms with E-state index in [1.165, 1.54) is 13.3 Å². The second kappa shape index (κ2) is 5.85. The standard InChI is InChI=1S/C14H14ClN3O2/c1-4-17-13-8(6-16)7-18-14-10(20-3)5-9(19-2)12(15)11(13)14/h5,7H,4H2,1-3H3,(H,17,18). The number of nitrogens with zero attached hydrogens (tertiary/aromatic N) is 2. The van der Waals surface area contributed by atoms with E-state index < -0.39 is 0 Å². The van der Waals surface area contributed by atoms with E-state index in [1.54, 1.807) is 13.2 Å². The zero-order valence-electron chi connectivity index (χ0n) is 11.5. The number of fused-ring (bicyclic) bond motifs is 1. The molecule has 20 heavy (non-hydrogen) atoms. The molecule has 0 saturated carbocycles. The van der Waals surface area contributed by atoms with E-state index in [9.17, 15) is 5.26 Å². The van der Waals surface area contributed by atoms with Gasteiger partial charge in [0.05, 0.1) is 35.9 Å². The van der Waals surface area contributed by atoms with Crippen molar-refractivity contribution in [2.75, 3.05) is 26.1 Å². The Balaban J connectivity index is 2.94. The Morgan fingerprint density at radius 3 is 2.60 bits per heavy atom. The number of methoxy groups -OCH3 is 2. The first-order valence-electron chi connectivity index (χ1n) is 6.05. The number of ether oxygens (including phenoxy) is 2. The molecule has 1 aromatic heterocycles. The number of halogens is 1. The fourth-order valence-corrected chi connectivity index (χ4v) is 2.35. The van der Waals surface area contributed by atoms with Gasteiger partial charge in [-0.1, -0.05) is 11.6 Å². The highest BCUT2D eigenvalue weighted by Gasteiger charge is 2.18. The molecule has 0 radical (unpaired) electrons. The van der Waals surface area contributed by atoms with Crippen molar-refractivity contribution in [1.29, 1.82) is 5.26 Å². The molecule has 0 atom stereocenters. The minimum atomic E-state index is 0.406. The van der Waals surface area contributed by atoms with Crippen molar-refractivity contribution in [2.45, 2.75) is 6.92 Å². The molecule has 0 spiro atoms. The fraction of sp³-hybridized carbons (Fsp3) is 0.286. The van der Waals surface area contributed by atoms with Crippen LogP contribution in [-0.2, 0) is 0 Å². The number of nitriles is 1. The first-order valence-corrected chi connectivity index (χ1v) is 6.42. The van der Waals surface area contributed by atoms with Crippen molar-refractivity contribution < 1.29 is 9.47 Å². The maximum absolute atomic E-state index is 9.21. The monoisotopic (exact) mass is 291 g/mol. The van der Waals surface area contributed by atoms with E-state index >= 15 is 0 Å². The summed E-state index contributed by atoms with van der Waals surface area (Å²) in [5.41, 5.74) is 1.66. The number of anilines is 1. The first kappa shape index (κ1) is 14.2. The molecule has 6 heteroatoms. The van der Waals surface area contributed by atoms with Crippen molar-refractivity contribution in [2.24, 2.45) is 0 Å². The molecule has 0 saturated heterocycles. The molecule has 0 unspecified atom stereocenters. The summed E-state index contributed by atoms with van der Waals surface area (Å²) in [5.74, 6) is 1.02. The van der Waals surface area contributed by atoms with Gasteiger partial charge in [-0.05, 0) is 6.92 Å². The second-order valence-corrected chi connectivity index (χ2v) is 4.39. The van der Waals surface area contributed by atoms with Crippen LogP contribution in [0.25, 0.3) is 10.9 Å². The predicted molar refractivity (Wildman–Crippen MR) is 78.7 cm³/mol. The molecule has 0 bridgehead atoms. The van der Waals surface area contributed by atoms with E-state index in [0.717, 1.165) is 0 Å². The van der Waals surface area contributed by atoms with Crippen LogP contribution in [0.15, 0.2) is 12.3 Å². The SMILES string of the molecule is CCNc1c(C#N)cnc2c(OC)cc(OC)c(Cl)c12. The second-order valence-electron chi connectivity index (χ2n) is 4.01. The zero-order valence-corrected chi connectivity index (χ0v) is 12.2. The van der Waals surface area contributed by atoms with Gasteiger partial charge >= 0.3 is 0 Å². The lowest BCUT2D eigenvalue weighted by atomic mass is 10.1. The first-order chi connectivity index (χ1) is 9.67. The highest BCUT2D eigenvalue weighted by molar-refractivity contribution is 6.38. The van der Waals surface area contributed by atoms with Crippen LogP contribution in [-0.4, -0.2) is 25.7 Å². The number of hydrogen-bond donors (Lipinski definition) is 1. The summed E-state index contributed by atoms with van der Waals surface area (Å²) in [4.78, 5) is 4.27. The maximum atomic E-state index is 9.21. The summed E-state index contributed by atoms with van der Waals surface area (Å²) < 4.78 is 10.6. The Morgan fingerprint density at radius 2 is 2.05 bits per heavy atom. The lowest BCUT2D eigenvalue weighted by Gasteiger charge is -2.15. The molecular weight excluding hydrogens is 278 g/mol. The van der Waals surface area contributed by atoms with Gasteiger partial charge in [0.2, 0.25) is 0 Å². The molecule has 0 aliphatic heterocycles. The quantitative estimate of drug-likeness (QED) is 0.937. The number of aromatic nitrogens is 1. The third kappa shape index (κ3) is 2.19. The van der Waals surface area contributed by atoms with Gasteiger partial charge in [-0.2, -0.15) is 5.26 Å². The van der Waals surface area contributed by atoms with Crippen LogP contribution < -0.4 is 14.8 Å². The molecular formula is C14H14ClN3O2. The van der Waals surface area contributed by atoms with Gasteiger partial charge < -0.3 is 14.8 Å².